The van der Waals surface area contributed by atoms with Crippen molar-refractivity contribution >= 4 is 18.2 Å². The van der Waals surface area contributed by atoms with Crippen LogP contribution in [0.15, 0.2) is 35.2 Å². The first-order chi connectivity index (χ1) is 12.9. The molecular weight excluding hydrogens is 392 g/mol. The second-order valence-electron chi connectivity index (χ2n) is 9.75. The first-order valence-electron chi connectivity index (χ1n) is 10.2. The van der Waals surface area contributed by atoms with Gasteiger partial charge in [-0.3, -0.25) is 0 Å². The Balaban J connectivity index is 1.93. The summed E-state index contributed by atoms with van der Waals surface area (Å²) >= 11 is 0. The normalized spacial score (nSPS) is 28.1. The molecule has 5 nitrogen and oxygen atoms in total. The highest BCUT2D eigenvalue weighted by Gasteiger charge is 2.76. The summed E-state index contributed by atoms with van der Waals surface area (Å²) in [6.07, 6.45) is 2.86. The van der Waals surface area contributed by atoms with Crippen LogP contribution >= 0.6 is 0 Å². The molecule has 1 aromatic rings. The lowest BCUT2D eigenvalue weighted by molar-refractivity contribution is -0.0358. The second-order valence-corrected chi connectivity index (χ2v) is 16.6. The second kappa shape index (κ2) is 7.20. The van der Waals surface area contributed by atoms with E-state index in [0.29, 0.717) is 12.8 Å². The maximum absolute atomic E-state index is 13.6. The van der Waals surface area contributed by atoms with Crippen LogP contribution in [0.2, 0.25) is 18.1 Å². The molecule has 0 aromatic heterocycles. The molecule has 7 heteroatoms. The summed E-state index contributed by atoms with van der Waals surface area (Å²) in [4.78, 5) is -1.41. The van der Waals surface area contributed by atoms with Crippen LogP contribution in [0.1, 0.15) is 52.9 Å². The molecule has 158 valence electrons. The molecule has 2 aliphatic rings. The Hall–Kier alpha value is -0.733. The minimum atomic E-state index is -3.87. The van der Waals surface area contributed by atoms with Crippen molar-refractivity contribution < 1.29 is 22.7 Å². The standard InChI is InChI=1S/C21H34O5SSi/c1-19(2,3)28(4,5)25-16-18-21(26-18,20(22)14-10-7-11-15-20)27(23,24)17-12-8-6-9-13-17/h6,8-9,12-13,18,22H,7,10-11,14-16H2,1-5H3/t18-,21+/m0/s1. The van der Waals surface area contributed by atoms with Gasteiger partial charge in [0, 0.05) is 0 Å². The molecule has 0 unspecified atom stereocenters. The van der Waals surface area contributed by atoms with Crippen LogP contribution in [0.3, 0.4) is 0 Å². The number of ether oxygens (including phenoxy) is 1. The minimum absolute atomic E-state index is 0.0184. The lowest BCUT2D eigenvalue weighted by Gasteiger charge is -2.38. The monoisotopic (exact) mass is 426 g/mol. The number of sulfone groups is 1. The van der Waals surface area contributed by atoms with Gasteiger partial charge in [0.2, 0.25) is 14.8 Å². The highest BCUT2D eigenvalue weighted by molar-refractivity contribution is 7.93. The maximum atomic E-state index is 13.6. The average Bonchev–Trinajstić information content (AvgIpc) is 3.38. The Labute approximate surface area is 170 Å². The molecule has 3 rings (SSSR count). The van der Waals surface area contributed by atoms with Crippen LogP contribution in [-0.4, -0.2) is 45.1 Å². The molecule has 2 fully saturated rings. The minimum Gasteiger partial charge on any atom is -0.414 e. The van der Waals surface area contributed by atoms with Crippen LogP contribution in [-0.2, 0) is 19.0 Å². The Morgan fingerprint density at radius 2 is 1.71 bits per heavy atom. The Morgan fingerprint density at radius 1 is 1.14 bits per heavy atom. The van der Waals surface area contributed by atoms with Crippen molar-refractivity contribution in [3.8, 4) is 0 Å². The summed E-state index contributed by atoms with van der Waals surface area (Å²) in [5, 5.41) is 11.5. The van der Waals surface area contributed by atoms with Gasteiger partial charge in [-0.15, -0.1) is 0 Å². The molecule has 0 bridgehead atoms. The third kappa shape index (κ3) is 3.49. The summed E-state index contributed by atoms with van der Waals surface area (Å²) in [5.41, 5.74) is -1.37. The summed E-state index contributed by atoms with van der Waals surface area (Å²) in [6.45, 7) is 10.9. The highest BCUT2D eigenvalue weighted by atomic mass is 32.2. The summed E-state index contributed by atoms with van der Waals surface area (Å²) < 4.78 is 39.5. The van der Waals surface area contributed by atoms with Crippen LogP contribution in [0.5, 0.6) is 0 Å². The number of rotatable bonds is 6. The van der Waals surface area contributed by atoms with Gasteiger partial charge < -0.3 is 14.3 Å². The number of epoxide rings is 1. The van der Waals surface area contributed by atoms with E-state index in [2.05, 4.69) is 33.9 Å². The van der Waals surface area contributed by atoms with Crippen LogP contribution < -0.4 is 0 Å². The van der Waals surface area contributed by atoms with Crippen molar-refractivity contribution in [3.05, 3.63) is 30.3 Å². The Kier molecular flexibility index (Phi) is 5.65. The molecule has 1 heterocycles. The maximum Gasteiger partial charge on any atom is 0.230 e. The number of aliphatic hydroxyl groups is 1. The topological polar surface area (TPSA) is 76.1 Å². The first kappa shape index (κ1) is 22.0. The van der Waals surface area contributed by atoms with Gasteiger partial charge in [-0.1, -0.05) is 58.2 Å². The van der Waals surface area contributed by atoms with Crippen molar-refractivity contribution in [3.63, 3.8) is 0 Å². The zero-order chi connectivity index (χ0) is 20.8. The van der Waals surface area contributed by atoms with E-state index in [1.807, 2.05) is 0 Å². The van der Waals surface area contributed by atoms with Gasteiger partial charge in [-0.25, -0.2) is 8.42 Å². The molecule has 0 amide bonds. The zero-order valence-corrected chi connectivity index (χ0v) is 19.5. The van der Waals surface area contributed by atoms with Crippen molar-refractivity contribution in [2.24, 2.45) is 0 Å². The van der Waals surface area contributed by atoms with Gasteiger partial charge in [0.1, 0.15) is 11.7 Å². The third-order valence-electron chi connectivity index (χ3n) is 6.87. The lowest BCUT2D eigenvalue weighted by atomic mass is 9.81. The predicted octanol–water partition coefficient (Wildman–Crippen LogP) is 4.27. The highest BCUT2D eigenvalue weighted by Crippen LogP contribution is 2.57. The Bertz CT molecular complexity index is 794. The quantitative estimate of drug-likeness (QED) is 0.543. The van der Waals surface area contributed by atoms with E-state index in [4.69, 9.17) is 9.16 Å². The molecule has 1 aromatic carbocycles. The molecule has 2 atom stereocenters. The molecule has 1 N–H and O–H groups in total. The molecule has 1 saturated heterocycles. The fourth-order valence-corrected chi connectivity index (χ4v) is 7.21. The van der Waals surface area contributed by atoms with E-state index in [-0.39, 0.29) is 16.5 Å². The average molecular weight is 427 g/mol. The summed E-state index contributed by atoms with van der Waals surface area (Å²) in [7, 11) is -5.93. The SMILES string of the molecule is CC(C)(C)[Si](C)(C)OC[C@@H]1O[C@@]1(C1(O)CCCCC1)S(=O)(=O)c1ccccc1. The fourth-order valence-electron chi connectivity index (χ4n) is 3.98. The summed E-state index contributed by atoms with van der Waals surface area (Å²) in [6, 6.07) is 8.35. The smallest absolute Gasteiger partial charge is 0.230 e. The van der Waals surface area contributed by atoms with E-state index >= 15 is 0 Å². The fraction of sp³-hybridized carbons (Fsp3) is 0.714. The number of hydrogen-bond acceptors (Lipinski definition) is 5. The molecular formula is C21H34O5SSi. The molecule has 1 aliphatic carbocycles. The van der Waals surface area contributed by atoms with E-state index < -0.39 is 34.8 Å². The Morgan fingerprint density at radius 3 is 2.25 bits per heavy atom. The lowest BCUT2D eigenvalue weighted by Crippen LogP contribution is -2.54. The molecule has 0 radical (unpaired) electrons. The molecule has 1 aliphatic heterocycles. The molecule has 1 saturated carbocycles. The van der Waals surface area contributed by atoms with E-state index in [0.717, 1.165) is 19.3 Å². The van der Waals surface area contributed by atoms with Crippen LogP contribution in [0.4, 0.5) is 0 Å². The van der Waals surface area contributed by atoms with E-state index in [1.165, 1.54) is 0 Å². The first-order valence-corrected chi connectivity index (χ1v) is 14.6. The van der Waals surface area contributed by atoms with E-state index in [1.54, 1.807) is 30.3 Å². The van der Waals surface area contributed by atoms with Crippen molar-refractivity contribution in [2.45, 2.75) is 92.5 Å². The van der Waals surface area contributed by atoms with Crippen molar-refractivity contribution in [1.82, 2.24) is 0 Å². The number of hydrogen-bond donors (Lipinski definition) is 1. The van der Waals surface area contributed by atoms with Gasteiger partial charge in [0.15, 0.2) is 8.32 Å². The third-order valence-corrected chi connectivity index (χ3v) is 13.8. The zero-order valence-electron chi connectivity index (χ0n) is 17.7. The van der Waals surface area contributed by atoms with Crippen molar-refractivity contribution in [1.29, 1.82) is 0 Å². The molecule has 28 heavy (non-hydrogen) atoms. The van der Waals surface area contributed by atoms with Gasteiger partial charge in [-0.2, -0.15) is 0 Å². The van der Waals surface area contributed by atoms with Gasteiger partial charge in [0.25, 0.3) is 0 Å². The van der Waals surface area contributed by atoms with E-state index in [9.17, 15) is 13.5 Å². The largest absolute Gasteiger partial charge is 0.414 e. The van der Waals surface area contributed by atoms with Gasteiger partial charge in [0.05, 0.1) is 11.5 Å². The van der Waals surface area contributed by atoms with Crippen LogP contribution in [0.25, 0.3) is 0 Å². The van der Waals surface area contributed by atoms with Gasteiger partial charge in [-0.05, 0) is 43.1 Å². The summed E-state index contributed by atoms with van der Waals surface area (Å²) in [5.74, 6) is 0. The van der Waals surface area contributed by atoms with Gasteiger partial charge >= 0.3 is 0 Å². The molecule has 0 spiro atoms. The number of benzene rings is 1. The predicted molar refractivity (Wildman–Crippen MR) is 112 cm³/mol. The van der Waals surface area contributed by atoms with Crippen molar-refractivity contribution in [2.75, 3.05) is 6.61 Å². The van der Waals surface area contributed by atoms with Crippen LogP contribution in [0, 0.1) is 0 Å².